The first-order valence-electron chi connectivity index (χ1n) is 8.29. The van der Waals surface area contributed by atoms with Crippen molar-refractivity contribution in [3.05, 3.63) is 64.7 Å². The lowest BCUT2D eigenvalue weighted by Crippen LogP contribution is -2.26. The monoisotopic (exact) mass is 431 g/mol. The highest BCUT2D eigenvalue weighted by Gasteiger charge is 2.32. The minimum Gasteiger partial charge on any atom is -0.481 e. The number of carboxylic acid groups (broad SMARTS) is 1. The average Bonchev–Trinajstić information content (AvgIpc) is 3.01. The summed E-state index contributed by atoms with van der Waals surface area (Å²) in [6.45, 7) is 0. The number of amidine groups is 1. The normalized spacial score (nSPS) is 17.5. The summed E-state index contributed by atoms with van der Waals surface area (Å²) in [5.74, 6) is -1.67. The largest absolute Gasteiger partial charge is 0.481 e. The number of esters is 1. The van der Waals surface area contributed by atoms with Gasteiger partial charge in [-0.25, -0.2) is 4.79 Å². The fourth-order valence-corrected chi connectivity index (χ4v) is 3.34. The molecule has 2 aromatic rings. The van der Waals surface area contributed by atoms with Gasteiger partial charge in [-0.2, -0.15) is 5.10 Å². The Balaban J connectivity index is 1.62. The molecular formula is C19H14ClN3O5S. The first-order valence-corrected chi connectivity index (χ1v) is 9.54. The van der Waals surface area contributed by atoms with Crippen molar-refractivity contribution >= 4 is 52.6 Å². The van der Waals surface area contributed by atoms with Crippen LogP contribution in [0.3, 0.4) is 0 Å². The van der Waals surface area contributed by atoms with E-state index in [1.54, 1.807) is 48.5 Å². The van der Waals surface area contributed by atoms with Crippen molar-refractivity contribution in [1.82, 2.24) is 5.32 Å². The van der Waals surface area contributed by atoms with Gasteiger partial charge in [-0.15, -0.1) is 5.10 Å². The molecule has 1 atom stereocenters. The van der Waals surface area contributed by atoms with Crippen LogP contribution in [0.4, 0.5) is 0 Å². The van der Waals surface area contributed by atoms with Crippen molar-refractivity contribution in [3.63, 3.8) is 0 Å². The van der Waals surface area contributed by atoms with Crippen molar-refractivity contribution in [1.29, 1.82) is 0 Å². The number of carbonyl (C=O) groups excluding carboxylic acids is 2. The highest BCUT2D eigenvalue weighted by molar-refractivity contribution is 8.15. The van der Waals surface area contributed by atoms with Gasteiger partial charge in [-0.05, 0) is 42.0 Å². The minimum absolute atomic E-state index is 0.225. The molecule has 2 aromatic carbocycles. The Labute approximate surface area is 174 Å². The number of thioether (sulfide) groups is 1. The minimum atomic E-state index is -1.06. The van der Waals surface area contributed by atoms with E-state index < -0.39 is 23.1 Å². The number of aliphatic carboxylic acids is 1. The van der Waals surface area contributed by atoms with E-state index in [0.717, 1.165) is 11.8 Å². The molecule has 8 nitrogen and oxygen atoms in total. The first kappa shape index (κ1) is 20.6. The second-order valence-electron chi connectivity index (χ2n) is 5.81. The van der Waals surface area contributed by atoms with Crippen LogP contribution in [0.5, 0.6) is 5.75 Å². The maximum Gasteiger partial charge on any atom is 0.343 e. The number of rotatable bonds is 6. The van der Waals surface area contributed by atoms with E-state index in [2.05, 4.69) is 15.5 Å². The number of carbonyl (C=O) groups is 3. The maximum absolute atomic E-state index is 12.2. The summed E-state index contributed by atoms with van der Waals surface area (Å²) in [4.78, 5) is 34.5. The number of carboxylic acids is 1. The average molecular weight is 432 g/mol. The van der Waals surface area contributed by atoms with Crippen molar-refractivity contribution in [2.45, 2.75) is 11.7 Å². The van der Waals surface area contributed by atoms with Gasteiger partial charge >= 0.3 is 11.9 Å². The topological polar surface area (TPSA) is 117 Å². The molecule has 2 N–H and O–H groups in total. The predicted octanol–water partition coefficient (Wildman–Crippen LogP) is 2.96. The third-order valence-corrected chi connectivity index (χ3v) is 4.96. The molecule has 10 heteroatoms. The Hall–Kier alpha value is -3.17. The van der Waals surface area contributed by atoms with Crippen LogP contribution in [0, 0.1) is 0 Å². The summed E-state index contributed by atoms with van der Waals surface area (Å²) < 4.78 is 5.33. The molecule has 0 bridgehead atoms. The summed E-state index contributed by atoms with van der Waals surface area (Å²) in [5.41, 5.74) is 0.983. The number of nitrogens with one attached hydrogen (secondary N) is 1. The van der Waals surface area contributed by atoms with Gasteiger partial charge in [-0.1, -0.05) is 35.5 Å². The Bertz CT molecular complexity index is 1010. The molecule has 1 heterocycles. The van der Waals surface area contributed by atoms with Crippen LogP contribution in [-0.2, 0) is 9.59 Å². The summed E-state index contributed by atoms with van der Waals surface area (Å²) in [6.07, 6.45) is 1.13. The van der Waals surface area contributed by atoms with E-state index in [9.17, 15) is 14.4 Å². The molecular weight excluding hydrogens is 418 g/mol. The lowest BCUT2D eigenvalue weighted by molar-refractivity contribution is -0.138. The van der Waals surface area contributed by atoms with E-state index in [4.69, 9.17) is 21.4 Å². The lowest BCUT2D eigenvalue weighted by Gasteiger charge is -2.05. The Morgan fingerprint density at radius 2 is 2.00 bits per heavy atom. The molecule has 3 rings (SSSR count). The number of ether oxygens (including phenoxy) is 1. The first-order chi connectivity index (χ1) is 13.9. The molecule has 148 valence electrons. The van der Waals surface area contributed by atoms with Crippen molar-refractivity contribution in [3.8, 4) is 5.75 Å². The van der Waals surface area contributed by atoms with Gasteiger partial charge < -0.3 is 15.2 Å². The van der Waals surface area contributed by atoms with Crippen LogP contribution in [0.15, 0.2) is 58.7 Å². The number of benzene rings is 2. The molecule has 1 amide bonds. The third-order valence-electron chi connectivity index (χ3n) is 3.64. The Morgan fingerprint density at radius 3 is 2.72 bits per heavy atom. The number of nitrogens with zero attached hydrogens (tertiary/aromatic N) is 2. The van der Waals surface area contributed by atoms with Crippen LogP contribution < -0.4 is 10.1 Å². The summed E-state index contributed by atoms with van der Waals surface area (Å²) in [5, 5.41) is 19.0. The van der Waals surface area contributed by atoms with Crippen LogP contribution in [0.1, 0.15) is 22.3 Å². The fraction of sp³-hybridized carbons (Fsp3) is 0.105. The van der Waals surface area contributed by atoms with Gasteiger partial charge in [0.1, 0.15) is 11.0 Å². The molecule has 0 aromatic heterocycles. The molecule has 1 aliphatic rings. The van der Waals surface area contributed by atoms with E-state index in [-0.39, 0.29) is 11.6 Å². The quantitative estimate of drug-likeness (QED) is 0.314. The number of hydrogen-bond acceptors (Lipinski definition) is 7. The van der Waals surface area contributed by atoms with Gasteiger partial charge in [0.15, 0.2) is 5.17 Å². The van der Waals surface area contributed by atoms with Gasteiger partial charge in [0.2, 0.25) is 5.91 Å². The predicted molar refractivity (Wildman–Crippen MR) is 110 cm³/mol. The van der Waals surface area contributed by atoms with Crippen molar-refractivity contribution in [2.75, 3.05) is 0 Å². The van der Waals surface area contributed by atoms with Crippen LogP contribution >= 0.6 is 23.4 Å². The fourth-order valence-electron chi connectivity index (χ4n) is 2.30. The number of hydrogen-bond donors (Lipinski definition) is 2. The number of amides is 1. The summed E-state index contributed by atoms with van der Waals surface area (Å²) in [6, 6.07) is 13.0. The maximum atomic E-state index is 12.2. The third kappa shape index (κ3) is 5.90. The summed E-state index contributed by atoms with van der Waals surface area (Å²) >= 11 is 6.81. The molecule has 0 saturated carbocycles. The van der Waals surface area contributed by atoms with Gasteiger partial charge in [0.05, 0.1) is 18.2 Å². The van der Waals surface area contributed by atoms with Crippen molar-refractivity contribution in [2.24, 2.45) is 10.2 Å². The number of halogens is 1. The SMILES string of the molecule is O=C(O)CC1S/C(=N/N=C/c2cccc(OC(=O)c3ccc(Cl)cc3)c2)NC1=O. The van der Waals surface area contributed by atoms with Gasteiger partial charge in [-0.3, -0.25) is 9.59 Å². The standard InChI is InChI=1S/C19H14ClN3O5S/c20-13-6-4-12(5-7-13)18(27)28-14-3-1-2-11(8-14)10-21-23-19-22-17(26)15(29-19)9-16(24)25/h1-8,10,15H,9H2,(H,24,25)(H,22,23,26)/b21-10+. The van der Waals surface area contributed by atoms with E-state index in [0.29, 0.717) is 21.9 Å². The molecule has 0 aliphatic carbocycles. The van der Waals surface area contributed by atoms with E-state index in [1.165, 1.54) is 6.21 Å². The van der Waals surface area contributed by atoms with Crippen LogP contribution in [0.2, 0.25) is 5.02 Å². The molecule has 1 fully saturated rings. The van der Waals surface area contributed by atoms with Crippen LogP contribution in [-0.4, -0.2) is 39.6 Å². The zero-order chi connectivity index (χ0) is 20.8. The molecule has 1 unspecified atom stereocenters. The Morgan fingerprint density at radius 1 is 1.24 bits per heavy atom. The second kappa shape index (κ2) is 9.35. The Kier molecular flexibility index (Phi) is 6.63. The van der Waals surface area contributed by atoms with Gasteiger partial charge in [0, 0.05) is 5.02 Å². The highest BCUT2D eigenvalue weighted by Crippen LogP contribution is 2.22. The zero-order valence-corrected chi connectivity index (χ0v) is 16.3. The zero-order valence-electron chi connectivity index (χ0n) is 14.7. The summed E-state index contributed by atoms with van der Waals surface area (Å²) in [7, 11) is 0. The highest BCUT2D eigenvalue weighted by atomic mass is 35.5. The second-order valence-corrected chi connectivity index (χ2v) is 7.44. The van der Waals surface area contributed by atoms with E-state index >= 15 is 0 Å². The van der Waals surface area contributed by atoms with Crippen LogP contribution in [0.25, 0.3) is 0 Å². The lowest BCUT2D eigenvalue weighted by atomic mass is 10.2. The molecule has 1 aliphatic heterocycles. The van der Waals surface area contributed by atoms with E-state index in [1.807, 2.05) is 0 Å². The molecule has 29 heavy (non-hydrogen) atoms. The van der Waals surface area contributed by atoms with Gasteiger partial charge in [0.25, 0.3) is 0 Å². The smallest absolute Gasteiger partial charge is 0.343 e. The molecule has 0 spiro atoms. The molecule has 1 saturated heterocycles. The van der Waals surface area contributed by atoms with Crippen molar-refractivity contribution < 1.29 is 24.2 Å². The molecule has 0 radical (unpaired) electrons.